The van der Waals surface area contributed by atoms with Gasteiger partial charge in [0.15, 0.2) is 0 Å². The molecule has 14 heavy (non-hydrogen) atoms. The molecule has 2 rings (SSSR count). The minimum absolute atomic E-state index is 0.119. The molecule has 1 aromatic heterocycles. The van der Waals surface area contributed by atoms with Crippen molar-refractivity contribution >= 4 is 10.8 Å². The van der Waals surface area contributed by atoms with Gasteiger partial charge in [0, 0.05) is 23.8 Å². The number of nitrogens with zero attached hydrogens (tertiary/aromatic N) is 1. The molecule has 0 saturated carbocycles. The number of pyridine rings is 1. The fourth-order valence-electron chi connectivity index (χ4n) is 1.57. The zero-order valence-corrected chi connectivity index (χ0v) is 8.07. The van der Waals surface area contributed by atoms with Crippen molar-refractivity contribution in [3.05, 3.63) is 42.2 Å². The molecule has 2 aromatic rings. The van der Waals surface area contributed by atoms with Crippen LogP contribution in [0.2, 0.25) is 0 Å². The number of aromatic nitrogens is 1. The quantitative estimate of drug-likeness (QED) is 0.556. The van der Waals surface area contributed by atoms with Crippen molar-refractivity contribution in [2.75, 3.05) is 0 Å². The molecule has 0 fully saturated rings. The van der Waals surface area contributed by atoms with Gasteiger partial charge in [0.1, 0.15) is 0 Å². The number of nitrogens with two attached hydrogens (primary N) is 1. The summed E-state index contributed by atoms with van der Waals surface area (Å²) in [5, 5.41) is 2.35. The zero-order chi connectivity index (χ0) is 9.97. The van der Waals surface area contributed by atoms with Crippen molar-refractivity contribution in [2.24, 2.45) is 5.84 Å². The summed E-state index contributed by atoms with van der Waals surface area (Å²) in [6, 6.07) is 8.28. The van der Waals surface area contributed by atoms with Gasteiger partial charge in [0.25, 0.3) is 0 Å². The van der Waals surface area contributed by atoms with Gasteiger partial charge in [-0.2, -0.15) is 0 Å². The van der Waals surface area contributed by atoms with Crippen LogP contribution < -0.4 is 11.3 Å². The lowest BCUT2D eigenvalue weighted by Gasteiger charge is -2.12. The molecular formula is C11H13N3. The maximum atomic E-state index is 5.42. The second-order valence-corrected chi connectivity index (χ2v) is 3.34. The highest BCUT2D eigenvalue weighted by molar-refractivity contribution is 5.84. The highest BCUT2D eigenvalue weighted by Crippen LogP contribution is 2.21. The summed E-state index contributed by atoms with van der Waals surface area (Å²) in [6.45, 7) is 2.02. The largest absolute Gasteiger partial charge is 0.271 e. The second-order valence-electron chi connectivity index (χ2n) is 3.34. The first kappa shape index (κ1) is 9.12. The van der Waals surface area contributed by atoms with E-state index < -0.39 is 0 Å². The minimum atomic E-state index is 0.119. The first-order valence-electron chi connectivity index (χ1n) is 4.61. The van der Waals surface area contributed by atoms with Crippen LogP contribution in [0.5, 0.6) is 0 Å². The van der Waals surface area contributed by atoms with Crippen LogP contribution in [-0.2, 0) is 0 Å². The van der Waals surface area contributed by atoms with Crippen LogP contribution in [-0.4, -0.2) is 4.98 Å². The molecule has 1 unspecified atom stereocenters. The first-order chi connectivity index (χ1) is 6.83. The molecule has 72 valence electrons. The van der Waals surface area contributed by atoms with Gasteiger partial charge < -0.3 is 0 Å². The van der Waals surface area contributed by atoms with E-state index in [9.17, 15) is 0 Å². The smallest absolute Gasteiger partial charge is 0.0453 e. The topological polar surface area (TPSA) is 50.9 Å². The van der Waals surface area contributed by atoms with Gasteiger partial charge in [-0.05, 0) is 17.9 Å². The lowest BCUT2D eigenvalue weighted by atomic mass is 10.0. The SMILES string of the molecule is CC(NN)c1cncc2ccccc12. The van der Waals surface area contributed by atoms with Gasteiger partial charge in [0.05, 0.1) is 0 Å². The van der Waals surface area contributed by atoms with Crippen molar-refractivity contribution in [3.8, 4) is 0 Å². The van der Waals surface area contributed by atoms with Crippen LogP contribution >= 0.6 is 0 Å². The summed E-state index contributed by atoms with van der Waals surface area (Å²) in [7, 11) is 0. The maximum Gasteiger partial charge on any atom is 0.0453 e. The van der Waals surface area contributed by atoms with E-state index in [-0.39, 0.29) is 6.04 Å². The summed E-state index contributed by atoms with van der Waals surface area (Å²) in [6.07, 6.45) is 3.72. The Morgan fingerprint density at radius 2 is 2.07 bits per heavy atom. The Morgan fingerprint density at radius 3 is 2.86 bits per heavy atom. The number of hydrazine groups is 1. The first-order valence-corrected chi connectivity index (χ1v) is 4.61. The Morgan fingerprint density at radius 1 is 1.29 bits per heavy atom. The Kier molecular flexibility index (Phi) is 2.43. The van der Waals surface area contributed by atoms with Gasteiger partial charge in [-0.1, -0.05) is 24.3 Å². The van der Waals surface area contributed by atoms with Crippen LogP contribution in [0, 0.1) is 0 Å². The fourth-order valence-corrected chi connectivity index (χ4v) is 1.57. The third-order valence-electron chi connectivity index (χ3n) is 2.42. The molecule has 3 heteroatoms. The van der Waals surface area contributed by atoms with Crippen molar-refractivity contribution in [1.82, 2.24) is 10.4 Å². The molecule has 1 heterocycles. The van der Waals surface area contributed by atoms with E-state index in [1.54, 1.807) is 0 Å². The van der Waals surface area contributed by atoms with Gasteiger partial charge in [-0.3, -0.25) is 16.3 Å². The molecule has 1 aromatic carbocycles. The van der Waals surface area contributed by atoms with Gasteiger partial charge >= 0.3 is 0 Å². The van der Waals surface area contributed by atoms with Crippen molar-refractivity contribution in [2.45, 2.75) is 13.0 Å². The van der Waals surface area contributed by atoms with Crippen LogP contribution in [0.25, 0.3) is 10.8 Å². The fraction of sp³-hybridized carbons (Fsp3) is 0.182. The summed E-state index contributed by atoms with van der Waals surface area (Å²) in [5.41, 5.74) is 3.86. The molecule has 0 aliphatic heterocycles. The Bertz CT molecular complexity index is 434. The zero-order valence-electron chi connectivity index (χ0n) is 8.07. The highest BCUT2D eigenvalue weighted by Gasteiger charge is 2.06. The van der Waals surface area contributed by atoms with Gasteiger partial charge in [-0.15, -0.1) is 0 Å². The Balaban J connectivity index is 2.65. The van der Waals surface area contributed by atoms with E-state index in [1.165, 1.54) is 5.39 Å². The van der Waals surface area contributed by atoms with Crippen LogP contribution in [0.1, 0.15) is 18.5 Å². The van der Waals surface area contributed by atoms with Crippen LogP contribution in [0.4, 0.5) is 0 Å². The number of hydrogen-bond donors (Lipinski definition) is 2. The van der Waals surface area contributed by atoms with E-state index in [0.717, 1.165) is 10.9 Å². The van der Waals surface area contributed by atoms with Crippen molar-refractivity contribution in [1.29, 1.82) is 0 Å². The van der Waals surface area contributed by atoms with Gasteiger partial charge in [-0.25, -0.2) is 0 Å². The molecule has 0 aliphatic rings. The average molecular weight is 187 g/mol. The number of hydrogen-bond acceptors (Lipinski definition) is 3. The third kappa shape index (κ3) is 1.47. The van der Waals surface area contributed by atoms with E-state index >= 15 is 0 Å². The maximum absolute atomic E-state index is 5.42. The van der Waals surface area contributed by atoms with Crippen LogP contribution in [0.15, 0.2) is 36.7 Å². The highest BCUT2D eigenvalue weighted by atomic mass is 15.2. The van der Waals surface area contributed by atoms with Gasteiger partial charge in [0.2, 0.25) is 0 Å². The number of fused-ring (bicyclic) bond motifs is 1. The van der Waals surface area contributed by atoms with E-state index in [2.05, 4.69) is 22.5 Å². The minimum Gasteiger partial charge on any atom is -0.271 e. The van der Waals surface area contributed by atoms with E-state index in [1.807, 2.05) is 31.5 Å². The lowest BCUT2D eigenvalue weighted by Crippen LogP contribution is -2.25. The summed E-state index contributed by atoms with van der Waals surface area (Å²) in [4.78, 5) is 4.19. The summed E-state index contributed by atoms with van der Waals surface area (Å²) in [5.74, 6) is 5.42. The average Bonchev–Trinajstić information content (AvgIpc) is 2.27. The molecule has 3 N–H and O–H groups in total. The Labute approximate surface area is 82.9 Å². The molecule has 1 atom stereocenters. The molecular weight excluding hydrogens is 174 g/mol. The summed E-state index contributed by atoms with van der Waals surface area (Å²) >= 11 is 0. The molecule has 0 aliphatic carbocycles. The summed E-state index contributed by atoms with van der Waals surface area (Å²) < 4.78 is 0. The van der Waals surface area contributed by atoms with Crippen LogP contribution in [0.3, 0.4) is 0 Å². The molecule has 0 bridgehead atoms. The van der Waals surface area contributed by atoms with E-state index in [0.29, 0.717) is 0 Å². The second kappa shape index (κ2) is 3.74. The predicted octanol–water partition coefficient (Wildman–Crippen LogP) is 1.76. The molecule has 3 nitrogen and oxygen atoms in total. The van der Waals surface area contributed by atoms with Crippen molar-refractivity contribution < 1.29 is 0 Å². The third-order valence-corrected chi connectivity index (χ3v) is 2.42. The number of rotatable bonds is 2. The Hall–Kier alpha value is -1.45. The number of nitrogens with one attached hydrogen (secondary N) is 1. The normalized spacial score (nSPS) is 13.0. The lowest BCUT2D eigenvalue weighted by molar-refractivity contribution is 0.604. The van der Waals surface area contributed by atoms with E-state index in [4.69, 9.17) is 5.84 Å². The molecule has 0 amide bonds. The predicted molar refractivity (Wildman–Crippen MR) is 57.5 cm³/mol. The van der Waals surface area contributed by atoms with Crippen molar-refractivity contribution in [3.63, 3.8) is 0 Å². The standard InChI is InChI=1S/C11H13N3/c1-8(14-12)11-7-13-6-9-4-2-3-5-10(9)11/h2-8,14H,12H2,1H3. The number of benzene rings is 1. The molecule has 0 radical (unpaired) electrons. The molecule has 0 spiro atoms. The monoisotopic (exact) mass is 187 g/mol. The molecule has 0 saturated heterocycles.